The fourth-order valence-electron chi connectivity index (χ4n) is 2.12. The van der Waals surface area contributed by atoms with Gasteiger partial charge in [0.25, 0.3) is 0 Å². The van der Waals surface area contributed by atoms with E-state index in [4.69, 9.17) is 0 Å². The van der Waals surface area contributed by atoms with Gasteiger partial charge in [0.2, 0.25) is 5.65 Å². The third-order valence-corrected chi connectivity index (χ3v) is 2.89. The molecule has 1 aliphatic rings. The van der Waals surface area contributed by atoms with Crippen molar-refractivity contribution in [3.8, 4) is 0 Å². The topological polar surface area (TPSA) is 66.5 Å². The second kappa shape index (κ2) is 3.71. The minimum atomic E-state index is -0.265. The summed E-state index contributed by atoms with van der Waals surface area (Å²) >= 11 is 0. The number of aromatic nitrogens is 4. The Morgan fingerprint density at radius 2 is 2.38 bits per heavy atom. The van der Waals surface area contributed by atoms with Crippen LogP contribution in [0.3, 0.4) is 0 Å². The first-order valence-electron chi connectivity index (χ1n) is 5.42. The van der Waals surface area contributed by atoms with E-state index in [1.807, 2.05) is 10.6 Å². The zero-order valence-corrected chi connectivity index (χ0v) is 8.82. The smallest absolute Gasteiger partial charge is 0.203 e. The van der Waals surface area contributed by atoms with Gasteiger partial charge in [0.1, 0.15) is 6.33 Å². The van der Waals surface area contributed by atoms with Crippen LogP contribution in [0.25, 0.3) is 5.65 Å². The molecule has 0 spiro atoms. The molecule has 2 aromatic heterocycles. The molecule has 0 saturated carbocycles. The van der Waals surface area contributed by atoms with E-state index in [-0.39, 0.29) is 6.10 Å². The Balaban J connectivity index is 2.01. The minimum absolute atomic E-state index is 0.265. The molecule has 0 bridgehead atoms. The maximum atomic E-state index is 9.65. The number of β-amino-alcohol motifs (C(OH)–C–C–N with tert-alkyl or cyclic N) is 1. The first kappa shape index (κ1) is 9.53. The van der Waals surface area contributed by atoms with Crippen LogP contribution in [0.2, 0.25) is 0 Å². The van der Waals surface area contributed by atoms with Gasteiger partial charge >= 0.3 is 0 Å². The first-order chi connectivity index (χ1) is 7.84. The molecule has 1 unspecified atom stereocenters. The summed E-state index contributed by atoms with van der Waals surface area (Å²) < 4.78 is 1.84. The second-order valence-electron chi connectivity index (χ2n) is 4.05. The third kappa shape index (κ3) is 1.51. The van der Waals surface area contributed by atoms with Gasteiger partial charge in [-0.05, 0) is 12.8 Å². The molecular weight excluding hydrogens is 206 g/mol. The van der Waals surface area contributed by atoms with Gasteiger partial charge in [-0.3, -0.25) is 4.40 Å². The number of hydrogen-bond acceptors (Lipinski definition) is 5. The summed E-state index contributed by atoms with van der Waals surface area (Å²) in [5.74, 6) is 0.804. The molecule has 84 valence electrons. The van der Waals surface area contributed by atoms with Crippen molar-refractivity contribution in [2.45, 2.75) is 18.9 Å². The molecule has 1 atom stereocenters. The predicted molar refractivity (Wildman–Crippen MR) is 58.2 cm³/mol. The molecule has 1 aliphatic heterocycles. The number of anilines is 1. The molecule has 1 fully saturated rings. The van der Waals surface area contributed by atoms with E-state index >= 15 is 0 Å². The molecule has 6 nitrogen and oxygen atoms in total. The quantitative estimate of drug-likeness (QED) is 0.736. The summed E-state index contributed by atoms with van der Waals surface area (Å²) in [6.07, 6.45) is 6.79. The van der Waals surface area contributed by atoms with Crippen molar-refractivity contribution in [2.24, 2.45) is 0 Å². The molecule has 0 aliphatic carbocycles. The lowest BCUT2D eigenvalue weighted by molar-refractivity contribution is 0.154. The molecule has 3 heterocycles. The zero-order chi connectivity index (χ0) is 11.0. The lowest BCUT2D eigenvalue weighted by Gasteiger charge is -2.30. The Bertz CT molecular complexity index is 497. The van der Waals surface area contributed by atoms with Crippen molar-refractivity contribution >= 4 is 11.5 Å². The SMILES string of the molecule is OC1CCCN(c2nccn3cnnc23)C1. The molecule has 1 saturated heterocycles. The van der Waals surface area contributed by atoms with Crippen molar-refractivity contribution < 1.29 is 5.11 Å². The van der Waals surface area contributed by atoms with E-state index in [2.05, 4.69) is 20.1 Å². The fourth-order valence-corrected chi connectivity index (χ4v) is 2.12. The second-order valence-corrected chi connectivity index (χ2v) is 4.05. The molecule has 0 amide bonds. The van der Waals surface area contributed by atoms with Gasteiger partial charge in [-0.1, -0.05) is 0 Å². The van der Waals surface area contributed by atoms with E-state index < -0.39 is 0 Å². The summed E-state index contributed by atoms with van der Waals surface area (Å²) in [5.41, 5.74) is 0.747. The molecule has 6 heteroatoms. The van der Waals surface area contributed by atoms with Gasteiger partial charge in [0.15, 0.2) is 5.82 Å². The van der Waals surface area contributed by atoms with Crippen molar-refractivity contribution in [3.05, 3.63) is 18.7 Å². The highest BCUT2D eigenvalue weighted by atomic mass is 16.3. The molecule has 1 N–H and O–H groups in total. The number of aliphatic hydroxyl groups is 1. The Morgan fingerprint density at radius 1 is 1.44 bits per heavy atom. The van der Waals surface area contributed by atoms with Crippen LogP contribution in [0.1, 0.15) is 12.8 Å². The van der Waals surface area contributed by atoms with Crippen LogP contribution in [-0.2, 0) is 0 Å². The predicted octanol–water partition coefficient (Wildman–Crippen LogP) is 0.0854. The summed E-state index contributed by atoms with van der Waals surface area (Å²) in [7, 11) is 0. The highest BCUT2D eigenvalue weighted by Gasteiger charge is 2.21. The number of aliphatic hydroxyl groups excluding tert-OH is 1. The van der Waals surface area contributed by atoms with Crippen LogP contribution in [0.4, 0.5) is 5.82 Å². The molecule has 0 radical (unpaired) electrons. The average molecular weight is 219 g/mol. The molecule has 2 aromatic rings. The van der Waals surface area contributed by atoms with Crippen LogP contribution in [0.5, 0.6) is 0 Å². The van der Waals surface area contributed by atoms with Gasteiger partial charge in [0.05, 0.1) is 6.10 Å². The van der Waals surface area contributed by atoms with Crippen molar-refractivity contribution in [1.82, 2.24) is 19.6 Å². The number of piperidine rings is 1. The number of fused-ring (bicyclic) bond motifs is 1. The Hall–Kier alpha value is -1.69. The van der Waals surface area contributed by atoms with Crippen LogP contribution in [0.15, 0.2) is 18.7 Å². The van der Waals surface area contributed by atoms with Crippen LogP contribution in [-0.4, -0.2) is 43.9 Å². The van der Waals surface area contributed by atoms with Crippen LogP contribution >= 0.6 is 0 Å². The standard InChI is InChI=1S/C10H13N5O/c16-8-2-1-4-14(6-8)9-10-13-12-7-15(10)5-3-11-9/h3,5,7-8,16H,1-2,4,6H2. The van der Waals surface area contributed by atoms with Crippen molar-refractivity contribution in [3.63, 3.8) is 0 Å². The van der Waals surface area contributed by atoms with E-state index in [1.165, 1.54) is 0 Å². The van der Waals surface area contributed by atoms with Gasteiger partial charge in [-0.2, -0.15) is 0 Å². The zero-order valence-electron chi connectivity index (χ0n) is 8.82. The normalized spacial score (nSPS) is 21.6. The summed E-state index contributed by atoms with van der Waals surface area (Å²) in [6, 6.07) is 0. The van der Waals surface area contributed by atoms with Crippen molar-refractivity contribution in [1.29, 1.82) is 0 Å². The monoisotopic (exact) mass is 219 g/mol. The lowest BCUT2D eigenvalue weighted by Crippen LogP contribution is -2.39. The van der Waals surface area contributed by atoms with Gasteiger partial charge in [0, 0.05) is 25.5 Å². The summed E-state index contributed by atoms with van der Waals surface area (Å²) in [4.78, 5) is 6.40. The van der Waals surface area contributed by atoms with E-state index in [0.717, 1.165) is 30.9 Å². The molecule has 0 aromatic carbocycles. The number of rotatable bonds is 1. The molecule has 16 heavy (non-hydrogen) atoms. The van der Waals surface area contributed by atoms with Crippen LogP contribution < -0.4 is 4.90 Å². The Kier molecular flexibility index (Phi) is 2.21. The number of nitrogens with zero attached hydrogens (tertiary/aromatic N) is 5. The largest absolute Gasteiger partial charge is 0.391 e. The minimum Gasteiger partial charge on any atom is -0.391 e. The molecular formula is C10H13N5O. The highest BCUT2D eigenvalue weighted by molar-refractivity contribution is 5.63. The first-order valence-corrected chi connectivity index (χ1v) is 5.42. The van der Waals surface area contributed by atoms with E-state index in [0.29, 0.717) is 6.54 Å². The van der Waals surface area contributed by atoms with Crippen LogP contribution in [0, 0.1) is 0 Å². The molecule has 3 rings (SSSR count). The summed E-state index contributed by atoms with van der Waals surface area (Å²) in [6.45, 7) is 1.54. The maximum Gasteiger partial charge on any atom is 0.203 e. The number of hydrogen-bond donors (Lipinski definition) is 1. The van der Waals surface area contributed by atoms with E-state index in [1.54, 1.807) is 12.5 Å². The highest BCUT2D eigenvalue weighted by Crippen LogP contribution is 2.20. The van der Waals surface area contributed by atoms with Gasteiger partial charge < -0.3 is 10.0 Å². The fraction of sp³-hybridized carbons (Fsp3) is 0.500. The lowest BCUT2D eigenvalue weighted by atomic mass is 10.1. The van der Waals surface area contributed by atoms with E-state index in [9.17, 15) is 5.11 Å². The van der Waals surface area contributed by atoms with Gasteiger partial charge in [-0.15, -0.1) is 10.2 Å². The maximum absolute atomic E-state index is 9.65. The van der Waals surface area contributed by atoms with Crippen molar-refractivity contribution in [2.75, 3.05) is 18.0 Å². The third-order valence-electron chi connectivity index (χ3n) is 2.89. The van der Waals surface area contributed by atoms with Gasteiger partial charge in [-0.25, -0.2) is 4.98 Å². The average Bonchev–Trinajstić information content (AvgIpc) is 2.76. The summed E-state index contributed by atoms with van der Waals surface area (Å²) in [5, 5.41) is 17.6. The Morgan fingerprint density at radius 3 is 3.25 bits per heavy atom. The Labute approximate surface area is 92.5 Å².